The molecular weight excluding hydrogens is 472 g/mol. The summed E-state index contributed by atoms with van der Waals surface area (Å²) in [6.45, 7) is 6.02. The van der Waals surface area contributed by atoms with Gasteiger partial charge >= 0.3 is 5.69 Å². The van der Waals surface area contributed by atoms with Crippen LogP contribution in [0, 0.1) is 24.2 Å². The van der Waals surface area contributed by atoms with Crippen LogP contribution in [0.4, 0.5) is 0 Å². The molecule has 11 heteroatoms. The van der Waals surface area contributed by atoms with E-state index in [-0.39, 0.29) is 34.0 Å². The summed E-state index contributed by atoms with van der Waals surface area (Å²) in [7, 11) is 1.42. The highest BCUT2D eigenvalue weighted by Crippen LogP contribution is 2.30. The summed E-state index contributed by atoms with van der Waals surface area (Å²) >= 11 is 2.43. The predicted octanol–water partition coefficient (Wildman–Crippen LogP) is 3.65. The summed E-state index contributed by atoms with van der Waals surface area (Å²) in [6.07, 6.45) is 0. The van der Waals surface area contributed by atoms with Crippen LogP contribution in [0.2, 0.25) is 0 Å². The van der Waals surface area contributed by atoms with Crippen LogP contribution in [-0.4, -0.2) is 34.9 Å². The second-order valence-electron chi connectivity index (χ2n) is 8.13. The Morgan fingerprint density at radius 1 is 1.24 bits per heavy atom. The molecule has 0 unspecified atom stereocenters. The number of thioether (sulfide) groups is 1. The molecule has 0 amide bonds. The Bertz CT molecular complexity index is 1570. The van der Waals surface area contributed by atoms with Gasteiger partial charge in [-0.15, -0.1) is 11.3 Å². The van der Waals surface area contributed by atoms with Gasteiger partial charge in [-0.1, -0.05) is 37.7 Å². The molecule has 3 heterocycles. The van der Waals surface area contributed by atoms with E-state index in [0.717, 1.165) is 26.5 Å². The van der Waals surface area contributed by atoms with Gasteiger partial charge < -0.3 is 5.11 Å². The van der Waals surface area contributed by atoms with Gasteiger partial charge in [-0.25, -0.2) is 19.7 Å². The van der Waals surface area contributed by atoms with Gasteiger partial charge in [0, 0.05) is 13.6 Å². The van der Waals surface area contributed by atoms with E-state index < -0.39 is 11.2 Å². The quantitative estimate of drug-likeness (QED) is 0.186. The molecular formula is C23H22N6O3S2. The molecule has 0 fully saturated rings. The molecule has 0 aliphatic heterocycles. The molecule has 0 aliphatic rings. The minimum atomic E-state index is -0.502. The fourth-order valence-corrected chi connectivity index (χ4v) is 5.42. The summed E-state index contributed by atoms with van der Waals surface area (Å²) in [5, 5.41) is 21.4. The van der Waals surface area contributed by atoms with Crippen LogP contribution in [-0.2, 0) is 13.6 Å². The van der Waals surface area contributed by atoms with Gasteiger partial charge in [0.05, 0.1) is 16.0 Å². The standard InChI is InChI=1S/C23H22N6O3S2/c1-12(2)10-29-19-18(22(31)28(4)23(29)32)21(26-13(3)25-19)33-11-16(30)14(9-24)20-27-15-7-5-6-8-17(15)34-20/h5-8,12,30H,10-11H2,1-4H3/b16-14-. The first-order valence-electron chi connectivity index (χ1n) is 10.5. The van der Waals surface area contributed by atoms with E-state index in [9.17, 15) is 20.0 Å². The maximum atomic E-state index is 13.0. The van der Waals surface area contributed by atoms with Crippen molar-refractivity contribution in [3.8, 4) is 6.07 Å². The average Bonchev–Trinajstić information content (AvgIpc) is 3.22. The molecule has 0 radical (unpaired) electrons. The van der Waals surface area contributed by atoms with Crippen molar-refractivity contribution in [2.45, 2.75) is 32.3 Å². The number of aryl methyl sites for hydroxylation is 1. The number of para-hydroxylation sites is 1. The van der Waals surface area contributed by atoms with Crippen molar-refractivity contribution in [1.82, 2.24) is 24.1 Å². The van der Waals surface area contributed by atoms with Crippen molar-refractivity contribution in [1.29, 1.82) is 5.26 Å². The highest BCUT2D eigenvalue weighted by Gasteiger charge is 2.20. The number of allylic oxidation sites excluding steroid dienone is 1. The number of aliphatic hydroxyl groups excluding tert-OH is 1. The predicted molar refractivity (Wildman–Crippen MR) is 134 cm³/mol. The highest BCUT2D eigenvalue weighted by atomic mass is 32.2. The lowest BCUT2D eigenvalue weighted by molar-refractivity contribution is 0.421. The highest BCUT2D eigenvalue weighted by molar-refractivity contribution is 7.99. The maximum Gasteiger partial charge on any atom is 0.332 e. The molecule has 1 aromatic carbocycles. The van der Waals surface area contributed by atoms with E-state index in [0.29, 0.717) is 22.4 Å². The monoisotopic (exact) mass is 494 g/mol. The number of benzene rings is 1. The number of hydrogen-bond donors (Lipinski definition) is 1. The summed E-state index contributed by atoms with van der Waals surface area (Å²) in [4.78, 5) is 39.0. The molecule has 0 bridgehead atoms. The second kappa shape index (κ2) is 9.40. The van der Waals surface area contributed by atoms with E-state index in [4.69, 9.17) is 0 Å². The average molecular weight is 495 g/mol. The van der Waals surface area contributed by atoms with Crippen LogP contribution in [0.3, 0.4) is 0 Å². The SMILES string of the molecule is Cc1nc(SC/C(O)=C(\C#N)c2nc3ccccc3s2)c2c(=O)n(C)c(=O)n(CC(C)C)c2n1. The molecule has 0 spiro atoms. The van der Waals surface area contributed by atoms with Crippen molar-refractivity contribution in [2.24, 2.45) is 13.0 Å². The van der Waals surface area contributed by atoms with E-state index in [1.54, 1.807) is 6.92 Å². The van der Waals surface area contributed by atoms with Crippen molar-refractivity contribution >= 4 is 49.9 Å². The Morgan fingerprint density at radius 2 is 1.97 bits per heavy atom. The molecule has 4 rings (SSSR count). The first-order chi connectivity index (χ1) is 16.2. The van der Waals surface area contributed by atoms with Crippen LogP contribution in [0.1, 0.15) is 24.7 Å². The molecule has 1 N–H and O–H groups in total. The van der Waals surface area contributed by atoms with Crippen molar-refractivity contribution in [3.63, 3.8) is 0 Å². The summed E-state index contributed by atoms with van der Waals surface area (Å²) in [5.41, 5.74) is 0.156. The van der Waals surface area contributed by atoms with Crippen molar-refractivity contribution in [2.75, 3.05) is 5.75 Å². The number of rotatable bonds is 6. The fourth-order valence-electron chi connectivity index (χ4n) is 3.50. The van der Waals surface area contributed by atoms with Gasteiger partial charge in [0.2, 0.25) is 0 Å². The second-order valence-corrected chi connectivity index (χ2v) is 10.1. The zero-order chi connectivity index (χ0) is 24.6. The normalized spacial score (nSPS) is 12.4. The van der Waals surface area contributed by atoms with Gasteiger partial charge in [-0.2, -0.15) is 5.26 Å². The minimum Gasteiger partial charge on any atom is -0.510 e. The third kappa shape index (κ3) is 4.34. The first-order valence-corrected chi connectivity index (χ1v) is 12.3. The maximum absolute atomic E-state index is 13.0. The van der Waals surface area contributed by atoms with Crippen LogP contribution in [0.5, 0.6) is 0 Å². The molecule has 0 saturated carbocycles. The number of hydrogen-bond acceptors (Lipinski definition) is 9. The Morgan fingerprint density at radius 3 is 2.65 bits per heavy atom. The molecule has 0 atom stereocenters. The fraction of sp³-hybridized carbons (Fsp3) is 0.304. The van der Waals surface area contributed by atoms with Gasteiger partial charge in [-0.05, 0) is 25.0 Å². The van der Waals surface area contributed by atoms with Crippen molar-refractivity contribution in [3.05, 3.63) is 61.7 Å². The van der Waals surface area contributed by atoms with Crippen molar-refractivity contribution < 1.29 is 5.11 Å². The molecule has 0 saturated heterocycles. The number of thiazole rings is 1. The number of nitrogens with zero attached hydrogens (tertiary/aromatic N) is 6. The van der Waals surface area contributed by atoms with E-state index >= 15 is 0 Å². The zero-order valence-corrected chi connectivity index (χ0v) is 20.7. The van der Waals surface area contributed by atoms with Gasteiger partial charge in [0.25, 0.3) is 5.56 Å². The topological polar surface area (TPSA) is 127 Å². The van der Waals surface area contributed by atoms with E-state index in [1.165, 1.54) is 23.0 Å². The molecule has 0 aliphatic carbocycles. The summed E-state index contributed by atoms with van der Waals surface area (Å²) in [6, 6.07) is 9.54. The molecule has 174 valence electrons. The molecule has 4 aromatic rings. The third-order valence-corrected chi connectivity index (χ3v) is 7.10. The lowest BCUT2D eigenvalue weighted by Crippen LogP contribution is -2.39. The Hall–Kier alpha value is -3.49. The minimum absolute atomic E-state index is 0.00314. The number of aromatic nitrogens is 5. The zero-order valence-electron chi connectivity index (χ0n) is 19.1. The molecule has 3 aromatic heterocycles. The summed E-state index contributed by atoms with van der Waals surface area (Å²) < 4.78 is 3.44. The Balaban J connectivity index is 1.78. The third-order valence-electron chi connectivity index (χ3n) is 5.06. The number of nitriles is 1. The Labute approximate surface area is 203 Å². The smallest absolute Gasteiger partial charge is 0.332 e. The van der Waals surface area contributed by atoms with Crippen LogP contribution < -0.4 is 11.2 Å². The number of aliphatic hydroxyl groups is 1. The van der Waals surface area contributed by atoms with Crippen LogP contribution in [0.15, 0.2) is 44.6 Å². The Kier molecular flexibility index (Phi) is 6.54. The lowest BCUT2D eigenvalue weighted by atomic mass is 10.2. The van der Waals surface area contributed by atoms with Gasteiger partial charge in [-0.3, -0.25) is 13.9 Å². The van der Waals surface area contributed by atoms with Gasteiger partial charge in [0.1, 0.15) is 38.6 Å². The lowest BCUT2D eigenvalue weighted by Gasteiger charge is -2.15. The van der Waals surface area contributed by atoms with E-state index in [1.807, 2.05) is 44.2 Å². The van der Waals surface area contributed by atoms with Gasteiger partial charge in [0.15, 0.2) is 5.65 Å². The van der Waals surface area contributed by atoms with Crippen LogP contribution in [0.25, 0.3) is 26.8 Å². The van der Waals surface area contributed by atoms with Crippen LogP contribution >= 0.6 is 23.1 Å². The number of fused-ring (bicyclic) bond motifs is 2. The summed E-state index contributed by atoms with van der Waals surface area (Å²) in [5.74, 6) is 0.388. The van der Waals surface area contributed by atoms with E-state index in [2.05, 4.69) is 15.0 Å². The molecule has 9 nitrogen and oxygen atoms in total. The largest absolute Gasteiger partial charge is 0.510 e. The first kappa shape index (κ1) is 23.7. The molecule has 34 heavy (non-hydrogen) atoms.